The van der Waals surface area contributed by atoms with E-state index in [2.05, 4.69) is 0 Å². The Hall–Kier alpha value is -1.76. The number of allylic oxidation sites excluding steroid dienone is 1. The minimum absolute atomic E-state index is 0.106. The lowest BCUT2D eigenvalue weighted by molar-refractivity contribution is 0.0302. The minimum atomic E-state index is -0.801. The van der Waals surface area contributed by atoms with Crippen molar-refractivity contribution < 1.29 is 28.8 Å². The molecular weight excluding hydrogens is 516 g/mol. The zero-order chi connectivity index (χ0) is 27.2. The van der Waals surface area contributed by atoms with Crippen LogP contribution >= 0.6 is 11.6 Å². The smallest absolute Gasteiger partial charge is 0.342 e. The molecule has 2 aliphatic carbocycles. The van der Waals surface area contributed by atoms with Crippen LogP contribution in [-0.4, -0.2) is 48.7 Å². The number of epoxide rings is 1. The topological polar surface area (TPSA) is 77.5 Å². The summed E-state index contributed by atoms with van der Waals surface area (Å²) in [7, 11) is 0. The van der Waals surface area contributed by atoms with E-state index in [0.717, 1.165) is 38.5 Å². The summed E-state index contributed by atoms with van der Waals surface area (Å²) in [4.78, 5) is 13.7. The van der Waals surface area contributed by atoms with E-state index >= 15 is 0 Å². The second-order valence-electron chi connectivity index (χ2n) is 12.1. The Bertz CT molecular complexity index is 997. The van der Waals surface area contributed by atoms with E-state index < -0.39 is 12.1 Å². The minimum Gasteiger partial charge on any atom is -0.492 e. The number of hydrogen-bond donors (Lipinski definition) is 1. The molecule has 0 unspecified atom stereocenters. The van der Waals surface area contributed by atoms with Gasteiger partial charge in [-0.15, -0.1) is 0 Å². The van der Waals surface area contributed by atoms with Gasteiger partial charge in [0.05, 0.1) is 36.5 Å². The van der Waals surface area contributed by atoms with Crippen LogP contribution < -0.4 is 9.47 Å². The quantitative estimate of drug-likeness (QED) is 0.225. The first-order valence-corrected chi connectivity index (χ1v) is 15.7. The Morgan fingerprint density at radius 2 is 1.56 bits per heavy atom. The van der Waals surface area contributed by atoms with Crippen molar-refractivity contribution >= 4 is 17.6 Å². The van der Waals surface area contributed by atoms with Crippen LogP contribution in [0.5, 0.6) is 11.5 Å². The number of hydrogen-bond acceptors (Lipinski definition) is 6. The number of rotatable bonds is 6. The predicted octanol–water partition coefficient (Wildman–Crippen LogP) is 7.21. The number of halogens is 1. The standard InChI is InChI=1S/C32H45ClO6/c1-21-16-27-26(39-27)15-9-8-14-24(34)17-25-30(32(35)38-21)28(36-19-22-10-4-2-5-11-22)18-29(31(25)33)37-20-23-12-6-3-7-13-23/h8,14,18,21-24,26-27,34H,2-7,9-13,15-17,19-20H2,1H3/t21-,24+,26+,27+/m1/s1. The molecule has 0 bridgehead atoms. The van der Waals surface area contributed by atoms with E-state index in [0.29, 0.717) is 59.1 Å². The molecular formula is C32H45ClO6. The van der Waals surface area contributed by atoms with E-state index in [4.69, 9.17) is 30.5 Å². The third kappa shape index (κ3) is 7.92. The highest BCUT2D eigenvalue weighted by Gasteiger charge is 2.40. The number of ether oxygens (including phenoxy) is 4. The van der Waals surface area contributed by atoms with E-state index in [9.17, 15) is 9.90 Å². The van der Waals surface area contributed by atoms with Crippen molar-refractivity contribution in [2.75, 3.05) is 13.2 Å². The average molecular weight is 561 g/mol. The van der Waals surface area contributed by atoms with Gasteiger partial charge < -0.3 is 24.1 Å². The summed E-state index contributed by atoms with van der Waals surface area (Å²) in [5.74, 6) is 1.46. The van der Waals surface area contributed by atoms with Gasteiger partial charge in [-0.05, 0) is 62.8 Å². The van der Waals surface area contributed by atoms with E-state index in [1.165, 1.54) is 38.5 Å². The van der Waals surface area contributed by atoms with Crippen LogP contribution in [0.2, 0.25) is 5.02 Å². The number of aliphatic hydroxyl groups is 1. The maximum absolute atomic E-state index is 13.7. The molecule has 3 fully saturated rings. The zero-order valence-electron chi connectivity index (χ0n) is 23.4. The first-order chi connectivity index (χ1) is 19.0. The maximum Gasteiger partial charge on any atom is 0.342 e. The van der Waals surface area contributed by atoms with Gasteiger partial charge in [0, 0.05) is 18.9 Å². The van der Waals surface area contributed by atoms with Gasteiger partial charge in [0.1, 0.15) is 23.2 Å². The summed E-state index contributed by atoms with van der Waals surface area (Å²) >= 11 is 6.97. The molecule has 1 saturated heterocycles. The summed E-state index contributed by atoms with van der Waals surface area (Å²) < 4.78 is 24.4. The Balaban J connectivity index is 1.46. The van der Waals surface area contributed by atoms with Crippen molar-refractivity contribution in [1.82, 2.24) is 0 Å². The highest BCUT2D eigenvalue weighted by atomic mass is 35.5. The van der Waals surface area contributed by atoms with E-state index in [1.807, 2.05) is 13.0 Å². The molecule has 4 aliphatic rings. The van der Waals surface area contributed by atoms with Gasteiger partial charge in [0.15, 0.2) is 0 Å². The summed E-state index contributed by atoms with van der Waals surface area (Å²) in [5.41, 5.74) is 0.842. The molecule has 0 aromatic heterocycles. The predicted molar refractivity (Wildman–Crippen MR) is 152 cm³/mol. The van der Waals surface area contributed by atoms with E-state index in [-0.39, 0.29) is 24.7 Å². The van der Waals surface area contributed by atoms with Crippen LogP contribution in [0.25, 0.3) is 0 Å². The van der Waals surface area contributed by atoms with Gasteiger partial charge in [0.2, 0.25) is 0 Å². The van der Waals surface area contributed by atoms with Crippen molar-refractivity contribution in [3.63, 3.8) is 0 Å². The third-order valence-corrected chi connectivity index (χ3v) is 9.26. The van der Waals surface area contributed by atoms with Gasteiger partial charge in [-0.1, -0.05) is 62.3 Å². The SMILES string of the molecule is C[C@@H]1C[C@@H]2O[C@H]2CCC=C[C@H](O)Cc2c(Cl)c(OCC3CCCCC3)cc(OCC3CCCCC3)c2C(=O)O1. The van der Waals surface area contributed by atoms with Crippen molar-refractivity contribution in [3.8, 4) is 11.5 Å². The molecule has 2 heterocycles. The molecule has 0 radical (unpaired) electrons. The van der Waals surface area contributed by atoms with Crippen molar-refractivity contribution in [2.24, 2.45) is 11.8 Å². The molecule has 4 atom stereocenters. The first kappa shape index (κ1) is 28.8. The number of carbonyl (C=O) groups is 1. The zero-order valence-corrected chi connectivity index (χ0v) is 24.1. The average Bonchev–Trinajstić information content (AvgIpc) is 3.68. The number of esters is 1. The largest absolute Gasteiger partial charge is 0.492 e. The van der Waals surface area contributed by atoms with Gasteiger partial charge in [-0.3, -0.25) is 0 Å². The molecule has 2 aliphatic heterocycles. The van der Waals surface area contributed by atoms with Crippen LogP contribution in [-0.2, 0) is 15.9 Å². The number of fused-ring (bicyclic) bond motifs is 2. The molecule has 0 amide bonds. The second kappa shape index (κ2) is 13.7. The normalized spacial score (nSPS) is 29.1. The van der Waals surface area contributed by atoms with Crippen LogP contribution in [0.15, 0.2) is 18.2 Å². The first-order valence-electron chi connectivity index (χ1n) is 15.3. The lowest BCUT2D eigenvalue weighted by Crippen LogP contribution is -2.23. The third-order valence-electron chi connectivity index (χ3n) is 8.84. The summed E-state index contributed by atoms with van der Waals surface area (Å²) in [5, 5.41) is 11.3. The van der Waals surface area contributed by atoms with Crippen LogP contribution in [0.4, 0.5) is 0 Å². The van der Waals surface area contributed by atoms with Gasteiger partial charge in [-0.25, -0.2) is 4.79 Å². The second-order valence-corrected chi connectivity index (χ2v) is 12.5. The molecule has 1 N–H and O–H groups in total. The van der Waals surface area contributed by atoms with Crippen molar-refractivity contribution in [2.45, 2.75) is 121 Å². The van der Waals surface area contributed by atoms with Gasteiger partial charge >= 0.3 is 5.97 Å². The Labute approximate surface area is 238 Å². The highest BCUT2D eigenvalue weighted by Crippen LogP contribution is 2.41. The molecule has 39 heavy (non-hydrogen) atoms. The number of aliphatic hydroxyl groups excluding tert-OH is 1. The molecule has 1 aromatic rings. The fraction of sp³-hybridized carbons (Fsp3) is 0.719. The monoisotopic (exact) mass is 560 g/mol. The summed E-state index contributed by atoms with van der Waals surface area (Å²) in [6, 6.07) is 1.78. The molecule has 2 saturated carbocycles. The maximum atomic E-state index is 13.7. The summed E-state index contributed by atoms with van der Waals surface area (Å²) in [6.07, 6.45) is 17.6. The number of benzene rings is 1. The van der Waals surface area contributed by atoms with Gasteiger partial charge in [0.25, 0.3) is 0 Å². The molecule has 6 nitrogen and oxygen atoms in total. The fourth-order valence-corrected chi connectivity index (χ4v) is 6.75. The highest BCUT2D eigenvalue weighted by molar-refractivity contribution is 6.33. The van der Waals surface area contributed by atoms with Crippen molar-refractivity contribution in [3.05, 3.63) is 34.4 Å². The lowest BCUT2D eigenvalue weighted by Gasteiger charge is -2.26. The fourth-order valence-electron chi connectivity index (χ4n) is 6.47. The lowest BCUT2D eigenvalue weighted by atomic mass is 9.90. The van der Waals surface area contributed by atoms with Crippen LogP contribution in [0.3, 0.4) is 0 Å². The Morgan fingerprint density at radius 1 is 0.923 bits per heavy atom. The molecule has 5 rings (SSSR count). The molecule has 7 heteroatoms. The number of cyclic esters (lactones) is 1. The Morgan fingerprint density at radius 3 is 2.23 bits per heavy atom. The molecule has 0 spiro atoms. The van der Waals surface area contributed by atoms with E-state index in [1.54, 1.807) is 12.1 Å². The van der Waals surface area contributed by atoms with Crippen LogP contribution in [0.1, 0.15) is 106 Å². The molecule has 1 aromatic carbocycles. The van der Waals surface area contributed by atoms with Crippen LogP contribution in [0, 0.1) is 11.8 Å². The molecule has 216 valence electrons. The summed E-state index contributed by atoms with van der Waals surface area (Å²) in [6.45, 7) is 3.04. The Kier molecular flexibility index (Phi) is 10.1. The van der Waals surface area contributed by atoms with Gasteiger partial charge in [-0.2, -0.15) is 0 Å². The number of carbonyl (C=O) groups excluding carboxylic acids is 1. The van der Waals surface area contributed by atoms with Crippen molar-refractivity contribution in [1.29, 1.82) is 0 Å².